The molecule has 1 heterocycles. The second-order valence-electron chi connectivity index (χ2n) is 6.15. The van der Waals surface area contributed by atoms with Crippen LogP contribution in [0.5, 0.6) is 0 Å². The van der Waals surface area contributed by atoms with Crippen molar-refractivity contribution in [3.8, 4) is 0 Å². The zero-order valence-corrected chi connectivity index (χ0v) is 15.4. The summed E-state index contributed by atoms with van der Waals surface area (Å²) in [5, 5.41) is 0.984. The van der Waals surface area contributed by atoms with Crippen LogP contribution in [0, 0.1) is 13.8 Å². The molecule has 0 spiro atoms. The number of ether oxygens (including phenoxy) is 1. The van der Waals surface area contributed by atoms with Gasteiger partial charge in [-0.2, -0.15) is 0 Å². The van der Waals surface area contributed by atoms with Crippen molar-refractivity contribution in [1.29, 1.82) is 0 Å². The quantitative estimate of drug-likeness (QED) is 0.731. The minimum atomic E-state index is -3.62. The fourth-order valence-electron chi connectivity index (χ4n) is 2.86. The highest BCUT2D eigenvalue weighted by Gasteiger charge is 2.17. The van der Waals surface area contributed by atoms with E-state index in [1.807, 2.05) is 43.5 Å². The zero-order chi connectivity index (χ0) is 18.0. The maximum Gasteiger partial charge on any atom is 0.262 e. The first-order valence-corrected chi connectivity index (χ1v) is 9.57. The molecule has 1 aromatic heterocycles. The van der Waals surface area contributed by atoms with Crippen LogP contribution >= 0.6 is 0 Å². The van der Waals surface area contributed by atoms with Gasteiger partial charge in [0, 0.05) is 36.4 Å². The summed E-state index contributed by atoms with van der Waals surface area (Å²) in [5.41, 5.74) is 3.24. The van der Waals surface area contributed by atoms with E-state index < -0.39 is 10.0 Å². The summed E-state index contributed by atoms with van der Waals surface area (Å²) in [5.74, 6) is 0. The Morgan fingerprint density at radius 1 is 1.08 bits per heavy atom. The molecule has 0 atom stereocenters. The Kier molecular flexibility index (Phi) is 4.83. The van der Waals surface area contributed by atoms with Crippen LogP contribution in [0.15, 0.2) is 53.6 Å². The number of aromatic nitrogens is 1. The summed E-state index contributed by atoms with van der Waals surface area (Å²) in [6, 6.07) is 13.0. The maximum absolute atomic E-state index is 12.7. The minimum absolute atomic E-state index is 0.310. The van der Waals surface area contributed by atoms with Crippen molar-refractivity contribution in [2.45, 2.75) is 25.3 Å². The van der Waals surface area contributed by atoms with E-state index in [1.54, 1.807) is 26.2 Å². The van der Waals surface area contributed by atoms with Crippen molar-refractivity contribution >= 4 is 26.6 Å². The molecule has 132 valence electrons. The summed E-state index contributed by atoms with van der Waals surface area (Å²) in [4.78, 5) is 0.310. The van der Waals surface area contributed by atoms with E-state index in [-0.39, 0.29) is 0 Å². The van der Waals surface area contributed by atoms with E-state index in [2.05, 4.69) is 9.29 Å². The van der Waals surface area contributed by atoms with Crippen molar-refractivity contribution in [1.82, 2.24) is 4.57 Å². The van der Waals surface area contributed by atoms with Gasteiger partial charge in [0.15, 0.2) is 0 Å². The number of sulfonamides is 1. The predicted octanol–water partition coefficient (Wildman–Crippen LogP) is 3.71. The molecule has 6 heteroatoms. The Labute approximate surface area is 148 Å². The Hall–Kier alpha value is -2.31. The molecule has 0 saturated heterocycles. The van der Waals surface area contributed by atoms with Crippen molar-refractivity contribution in [3.63, 3.8) is 0 Å². The van der Waals surface area contributed by atoms with E-state index in [1.165, 1.54) is 0 Å². The highest BCUT2D eigenvalue weighted by Crippen LogP contribution is 2.24. The number of nitrogens with one attached hydrogen (secondary N) is 1. The van der Waals surface area contributed by atoms with Gasteiger partial charge in [0.05, 0.1) is 11.5 Å². The number of methoxy groups -OCH3 is 1. The predicted molar refractivity (Wildman–Crippen MR) is 101 cm³/mol. The lowest BCUT2D eigenvalue weighted by molar-refractivity contribution is 0.188. The van der Waals surface area contributed by atoms with Gasteiger partial charge in [-0.05, 0) is 55.3 Å². The smallest absolute Gasteiger partial charge is 0.262 e. The molecule has 0 radical (unpaired) electrons. The molecule has 1 N–H and O–H groups in total. The molecule has 25 heavy (non-hydrogen) atoms. The van der Waals surface area contributed by atoms with Crippen molar-refractivity contribution < 1.29 is 13.2 Å². The van der Waals surface area contributed by atoms with Gasteiger partial charge in [-0.15, -0.1) is 0 Å². The highest BCUT2D eigenvalue weighted by atomic mass is 32.2. The number of hydrogen-bond acceptors (Lipinski definition) is 3. The van der Waals surface area contributed by atoms with Crippen LogP contribution in [0.1, 0.15) is 11.1 Å². The second-order valence-corrected chi connectivity index (χ2v) is 7.80. The normalized spacial score (nSPS) is 11.8. The van der Waals surface area contributed by atoms with Crippen LogP contribution in [0.4, 0.5) is 5.69 Å². The molecule has 0 amide bonds. The summed E-state index contributed by atoms with van der Waals surface area (Å²) in [7, 11) is -1.95. The molecule has 2 aromatic carbocycles. The second kappa shape index (κ2) is 6.90. The van der Waals surface area contributed by atoms with Crippen LogP contribution in [-0.2, 0) is 21.3 Å². The van der Waals surface area contributed by atoms with Gasteiger partial charge in [0.2, 0.25) is 0 Å². The lowest BCUT2D eigenvalue weighted by Gasteiger charge is -2.12. The van der Waals surface area contributed by atoms with E-state index in [0.717, 1.165) is 28.6 Å². The molecule has 0 aliphatic rings. The van der Waals surface area contributed by atoms with Gasteiger partial charge in [-0.25, -0.2) is 8.42 Å². The van der Waals surface area contributed by atoms with Gasteiger partial charge in [-0.3, -0.25) is 4.72 Å². The van der Waals surface area contributed by atoms with Crippen molar-refractivity contribution in [2.75, 3.05) is 18.4 Å². The monoisotopic (exact) mass is 358 g/mol. The summed E-state index contributed by atoms with van der Waals surface area (Å²) < 4.78 is 35.3. The SMILES string of the molecule is COCCn1ccc2cc(NS(=O)(=O)c3cc(C)ccc3C)ccc21. The Morgan fingerprint density at radius 3 is 2.64 bits per heavy atom. The van der Waals surface area contributed by atoms with Crippen LogP contribution in [0.2, 0.25) is 0 Å². The molecule has 3 rings (SSSR count). The Balaban J connectivity index is 1.91. The molecule has 0 bridgehead atoms. The average Bonchev–Trinajstić information content (AvgIpc) is 2.97. The van der Waals surface area contributed by atoms with Gasteiger partial charge >= 0.3 is 0 Å². The fourth-order valence-corrected chi connectivity index (χ4v) is 4.24. The number of rotatable bonds is 6. The van der Waals surface area contributed by atoms with E-state index in [4.69, 9.17) is 4.74 Å². The third-order valence-corrected chi connectivity index (χ3v) is 5.72. The topological polar surface area (TPSA) is 60.3 Å². The first kappa shape index (κ1) is 17.5. The summed E-state index contributed by atoms with van der Waals surface area (Å²) in [6.45, 7) is 5.07. The lowest BCUT2D eigenvalue weighted by atomic mass is 10.2. The number of anilines is 1. The first-order chi connectivity index (χ1) is 11.9. The van der Waals surface area contributed by atoms with Crippen LogP contribution in [0.25, 0.3) is 10.9 Å². The molecule has 3 aromatic rings. The van der Waals surface area contributed by atoms with Gasteiger partial charge in [0.1, 0.15) is 0 Å². The van der Waals surface area contributed by atoms with E-state index in [9.17, 15) is 8.42 Å². The number of nitrogens with zero attached hydrogens (tertiary/aromatic N) is 1. The Bertz CT molecular complexity index is 1010. The molecular weight excluding hydrogens is 336 g/mol. The van der Waals surface area contributed by atoms with Crippen LogP contribution in [-0.4, -0.2) is 26.7 Å². The fraction of sp³-hybridized carbons (Fsp3) is 0.263. The lowest BCUT2D eigenvalue weighted by Crippen LogP contribution is -2.14. The number of aryl methyl sites for hydroxylation is 2. The zero-order valence-electron chi connectivity index (χ0n) is 14.6. The Morgan fingerprint density at radius 2 is 1.88 bits per heavy atom. The van der Waals surface area contributed by atoms with E-state index in [0.29, 0.717) is 17.2 Å². The van der Waals surface area contributed by atoms with Crippen molar-refractivity contribution in [2.24, 2.45) is 0 Å². The number of hydrogen-bond donors (Lipinski definition) is 1. The molecule has 0 aliphatic carbocycles. The number of benzene rings is 2. The van der Waals surface area contributed by atoms with Crippen LogP contribution in [0.3, 0.4) is 0 Å². The third-order valence-electron chi connectivity index (χ3n) is 4.19. The maximum atomic E-state index is 12.7. The third kappa shape index (κ3) is 3.70. The minimum Gasteiger partial charge on any atom is -0.383 e. The number of fused-ring (bicyclic) bond motifs is 1. The molecule has 0 saturated carbocycles. The van der Waals surface area contributed by atoms with Gasteiger partial charge < -0.3 is 9.30 Å². The highest BCUT2D eigenvalue weighted by molar-refractivity contribution is 7.92. The van der Waals surface area contributed by atoms with Crippen LogP contribution < -0.4 is 4.72 Å². The van der Waals surface area contributed by atoms with Crippen molar-refractivity contribution in [3.05, 3.63) is 59.8 Å². The first-order valence-electron chi connectivity index (χ1n) is 8.08. The van der Waals surface area contributed by atoms with E-state index >= 15 is 0 Å². The largest absolute Gasteiger partial charge is 0.383 e. The molecular formula is C19H22N2O3S. The van der Waals surface area contributed by atoms with Gasteiger partial charge in [-0.1, -0.05) is 12.1 Å². The molecule has 0 unspecified atom stereocenters. The molecule has 5 nitrogen and oxygen atoms in total. The standard InChI is InChI=1S/C19H22N2O3S/c1-14-4-5-15(2)19(12-14)25(22,23)20-17-6-7-18-16(13-17)8-9-21(18)10-11-24-3/h4-9,12-13,20H,10-11H2,1-3H3. The van der Waals surface area contributed by atoms with Gasteiger partial charge in [0.25, 0.3) is 10.0 Å². The summed E-state index contributed by atoms with van der Waals surface area (Å²) >= 11 is 0. The molecule has 0 fully saturated rings. The average molecular weight is 358 g/mol. The molecule has 0 aliphatic heterocycles. The summed E-state index contributed by atoms with van der Waals surface area (Å²) in [6.07, 6.45) is 1.98.